The first-order valence-electron chi connectivity index (χ1n) is 4.31. The molecule has 1 heterocycles. The number of allylic oxidation sites excluding steroid dienone is 4. The number of rotatable bonds is 0. The predicted octanol–water partition coefficient (Wildman–Crippen LogP) is 2.17. The highest BCUT2D eigenvalue weighted by Gasteiger charge is 2.36. The van der Waals surface area contributed by atoms with Crippen LogP contribution in [0, 0.1) is 5.41 Å². The van der Waals surface area contributed by atoms with Crippen LogP contribution in [0.1, 0.15) is 19.8 Å². The highest BCUT2D eigenvalue weighted by molar-refractivity contribution is 5.27. The van der Waals surface area contributed by atoms with Gasteiger partial charge in [0.05, 0.1) is 0 Å². The largest absolute Gasteiger partial charge is 0.377 e. The van der Waals surface area contributed by atoms with E-state index in [0.717, 1.165) is 0 Å². The number of hydrogen-bond acceptors (Lipinski definition) is 1. The molecule has 11 heavy (non-hydrogen) atoms. The van der Waals surface area contributed by atoms with Gasteiger partial charge in [0.1, 0.15) is 0 Å². The Balaban J connectivity index is 2.36. The second-order valence-corrected chi connectivity index (χ2v) is 3.92. The zero-order chi connectivity index (χ0) is 7.90. The minimum absolute atomic E-state index is 0.462. The topological polar surface area (TPSA) is 3.24 Å². The van der Waals surface area contributed by atoms with Gasteiger partial charge in [-0.1, -0.05) is 19.1 Å². The van der Waals surface area contributed by atoms with Gasteiger partial charge in [-0.15, -0.1) is 0 Å². The molecule has 0 aromatic rings. The molecule has 0 aromatic heterocycles. The van der Waals surface area contributed by atoms with Crippen molar-refractivity contribution in [1.29, 1.82) is 0 Å². The Morgan fingerprint density at radius 3 is 3.09 bits per heavy atom. The quantitative estimate of drug-likeness (QED) is 0.510. The van der Waals surface area contributed by atoms with Crippen LogP contribution in [0.5, 0.6) is 0 Å². The van der Waals surface area contributed by atoms with Crippen molar-refractivity contribution in [3.63, 3.8) is 0 Å². The first-order chi connectivity index (χ1) is 5.22. The molecule has 0 aromatic carbocycles. The lowest BCUT2D eigenvalue weighted by molar-refractivity contribution is 0.396. The highest BCUT2D eigenvalue weighted by Crippen LogP contribution is 2.43. The third-order valence-corrected chi connectivity index (χ3v) is 2.99. The molecule has 60 valence electrons. The van der Waals surface area contributed by atoms with Crippen molar-refractivity contribution in [3.8, 4) is 0 Å². The first-order valence-corrected chi connectivity index (χ1v) is 4.31. The van der Waals surface area contributed by atoms with E-state index in [9.17, 15) is 0 Å². The third kappa shape index (κ3) is 0.907. The minimum Gasteiger partial charge on any atom is -0.377 e. The molecule has 1 saturated heterocycles. The van der Waals surface area contributed by atoms with Crippen LogP contribution >= 0.6 is 0 Å². The Morgan fingerprint density at radius 1 is 1.55 bits per heavy atom. The van der Waals surface area contributed by atoms with E-state index in [0.29, 0.717) is 5.41 Å². The summed E-state index contributed by atoms with van der Waals surface area (Å²) in [6.07, 6.45) is 9.26. The molecule has 0 amide bonds. The number of hydrogen-bond donors (Lipinski definition) is 0. The summed E-state index contributed by atoms with van der Waals surface area (Å²) in [6.45, 7) is 3.59. The van der Waals surface area contributed by atoms with E-state index in [2.05, 4.69) is 37.1 Å². The Morgan fingerprint density at radius 2 is 2.36 bits per heavy atom. The minimum atomic E-state index is 0.462. The summed E-state index contributed by atoms with van der Waals surface area (Å²) in [6, 6.07) is 0. The van der Waals surface area contributed by atoms with Crippen LogP contribution in [-0.2, 0) is 0 Å². The molecule has 1 nitrogen and oxygen atoms in total. The molecule has 0 radical (unpaired) electrons. The lowest BCUT2D eigenvalue weighted by Gasteiger charge is -2.28. The van der Waals surface area contributed by atoms with Crippen LogP contribution in [0.2, 0.25) is 0 Å². The molecule has 1 atom stereocenters. The summed E-state index contributed by atoms with van der Waals surface area (Å²) in [5.41, 5.74) is 1.99. The summed E-state index contributed by atoms with van der Waals surface area (Å²) in [7, 11) is 2.19. The Labute approximate surface area is 68.4 Å². The average Bonchev–Trinajstić information content (AvgIpc) is 2.29. The fourth-order valence-corrected chi connectivity index (χ4v) is 2.15. The lowest BCUT2D eigenvalue weighted by Crippen LogP contribution is -2.20. The second kappa shape index (κ2) is 2.13. The maximum Gasteiger partial charge on any atom is 0.0194 e. The van der Waals surface area contributed by atoms with E-state index in [4.69, 9.17) is 0 Å². The van der Waals surface area contributed by atoms with Gasteiger partial charge < -0.3 is 4.90 Å². The maximum atomic E-state index is 2.38. The lowest BCUT2D eigenvalue weighted by atomic mass is 9.80. The summed E-state index contributed by atoms with van der Waals surface area (Å²) in [5.74, 6) is 0. The molecule has 0 bridgehead atoms. The Bertz CT molecular complexity index is 227. The van der Waals surface area contributed by atoms with Crippen LogP contribution in [0.3, 0.4) is 0 Å². The van der Waals surface area contributed by atoms with Crippen molar-refractivity contribution in [2.75, 3.05) is 13.6 Å². The predicted molar refractivity (Wildman–Crippen MR) is 47.2 cm³/mol. The average molecular weight is 149 g/mol. The SMILES string of the molecule is CN1CCC2(C)CC=CC=C12. The van der Waals surface area contributed by atoms with Gasteiger partial charge in [0.2, 0.25) is 0 Å². The van der Waals surface area contributed by atoms with E-state index < -0.39 is 0 Å². The van der Waals surface area contributed by atoms with Crippen molar-refractivity contribution < 1.29 is 0 Å². The molecule has 0 N–H and O–H groups in total. The van der Waals surface area contributed by atoms with Crippen molar-refractivity contribution in [2.45, 2.75) is 19.8 Å². The summed E-state index contributed by atoms with van der Waals surface area (Å²) < 4.78 is 0. The molecule has 1 aliphatic heterocycles. The summed E-state index contributed by atoms with van der Waals surface area (Å²) >= 11 is 0. The van der Waals surface area contributed by atoms with Gasteiger partial charge >= 0.3 is 0 Å². The molecular weight excluding hydrogens is 134 g/mol. The van der Waals surface area contributed by atoms with Crippen molar-refractivity contribution >= 4 is 0 Å². The van der Waals surface area contributed by atoms with Crippen molar-refractivity contribution in [1.82, 2.24) is 4.90 Å². The van der Waals surface area contributed by atoms with E-state index in [1.165, 1.54) is 25.1 Å². The fraction of sp³-hybridized carbons (Fsp3) is 0.600. The van der Waals surface area contributed by atoms with Crippen LogP contribution < -0.4 is 0 Å². The number of fused-ring (bicyclic) bond motifs is 1. The van der Waals surface area contributed by atoms with Gasteiger partial charge in [0, 0.05) is 24.7 Å². The monoisotopic (exact) mass is 149 g/mol. The van der Waals surface area contributed by atoms with E-state index in [1.54, 1.807) is 0 Å². The molecule has 0 saturated carbocycles. The summed E-state index contributed by atoms with van der Waals surface area (Å²) in [5, 5.41) is 0. The molecule has 1 aliphatic carbocycles. The van der Waals surface area contributed by atoms with Crippen molar-refractivity contribution in [3.05, 3.63) is 23.9 Å². The van der Waals surface area contributed by atoms with Crippen LogP contribution in [0.15, 0.2) is 23.9 Å². The normalized spacial score (nSPS) is 35.5. The van der Waals surface area contributed by atoms with E-state index in [-0.39, 0.29) is 0 Å². The van der Waals surface area contributed by atoms with Gasteiger partial charge in [-0.05, 0) is 18.9 Å². The second-order valence-electron chi connectivity index (χ2n) is 3.92. The van der Waals surface area contributed by atoms with Crippen LogP contribution in [-0.4, -0.2) is 18.5 Å². The van der Waals surface area contributed by atoms with E-state index in [1.807, 2.05) is 0 Å². The molecule has 2 aliphatic rings. The molecule has 0 spiro atoms. The molecule has 1 heteroatoms. The zero-order valence-electron chi connectivity index (χ0n) is 7.30. The van der Waals surface area contributed by atoms with Crippen LogP contribution in [0.4, 0.5) is 0 Å². The van der Waals surface area contributed by atoms with Gasteiger partial charge in [0.15, 0.2) is 0 Å². The summed E-state index contributed by atoms with van der Waals surface area (Å²) in [4.78, 5) is 2.38. The van der Waals surface area contributed by atoms with Crippen molar-refractivity contribution in [2.24, 2.45) is 5.41 Å². The molecule has 2 rings (SSSR count). The fourth-order valence-electron chi connectivity index (χ4n) is 2.15. The highest BCUT2D eigenvalue weighted by atomic mass is 15.1. The van der Waals surface area contributed by atoms with Gasteiger partial charge in [-0.3, -0.25) is 0 Å². The third-order valence-electron chi connectivity index (χ3n) is 2.99. The Kier molecular flexibility index (Phi) is 1.35. The number of nitrogens with zero attached hydrogens (tertiary/aromatic N) is 1. The first kappa shape index (κ1) is 6.96. The van der Waals surface area contributed by atoms with Crippen LogP contribution in [0.25, 0.3) is 0 Å². The van der Waals surface area contributed by atoms with Gasteiger partial charge in [0.25, 0.3) is 0 Å². The van der Waals surface area contributed by atoms with E-state index >= 15 is 0 Å². The van der Waals surface area contributed by atoms with Gasteiger partial charge in [-0.25, -0.2) is 0 Å². The zero-order valence-corrected chi connectivity index (χ0v) is 7.30. The van der Waals surface area contributed by atoms with Gasteiger partial charge in [-0.2, -0.15) is 0 Å². The maximum absolute atomic E-state index is 2.38. The molecular formula is C10H15N. The smallest absolute Gasteiger partial charge is 0.0194 e. The standard InChI is InChI=1S/C10H15N/c1-10-6-4-3-5-9(10)11(2)8-7-10/h3-5H,6-8H2,1-2H3. The molecule has 1 unspecified atom stereocenters. The number of likely N-dealkylation sites (tertiary alicyclic amines) is 1. The molecule has 1 fully saturated rings. The Hall–Kier alpha value is -0.720.